The van der Waals surface area contributed by atoms with E-state index in [1.165, 1.54) is 12.8 Å². The molecule has 7 rings (SSSR count). The van der Waals surface area contributed by atoms with Crippen molar-refractivity contribution >= 4 is 17.4 Å². The van der Waals surface area contributed by atoms with Gasteiger partial charge in [0.25, 0.3) is 5.91 Å². The summed E-state index contributed by atoms with van der Waals surface area (Å²) < 4.78 is 13.9. The van der Waals surface area contributed by atoms with E-state index in [4.69, 9.17) is 14.5 Å². The van der Waals surface area contributed by atoms with E-state index in [0.717, 1.165) is 29.9 Å². The van der Waals surface area contributed by atoms with Crippen LogP contribution >= 0.6 is 0 Å². The Labute approximate surface area is 187 Å². The van der Waals surface area contributed by atoms with Crippen LogP contribution in [0.4, 0.5) is 5.82 Å². The minimum Gasteiger partial charge on any atom is -0.490 e. The van der Waals surface area contributed by atoms with Crippen molar-refractivity contribution in [3.05, 3.63) is 53.6 Å². The highest BCUT2D eigenvalue weighted by atomic mass is 16.5. The fraction of sp³-hybridized carbons (Fsp3) is 0.480. The monoisotopic (exact) mass is 432 g/mol. The fourth-order valence-corrected chi connectivity index (χ4v) is 5.26. The maximum absolute atomic E-state index is 13.2. The van der Waals surface area contributed by atoms with E-state index in [9.17, 15) is 4.79 Å². The summed E-state index contributed by atoms with van der Waals surface area (Å²) in [7, 11) is 0. The zero-order valence-electron chi connectivity index (χ0n) is 18.7. The first-order valence-corrected chi connectivity index (χ1v) is 11.4. The van der Waals surface area contributed by atoms with Crippen LogP contribution in [0.3, 0.4) is 0 Å². The standard InChI is InChI=1S/C25H28N4O3/c1-15(2)32-19-9-22-27-20(25-12-24(3,13-25)31-14-25)11-29(22)10-17(19)23(30)28-21-6-4-5-18(26-21)16-7-8-16/h4-6,9-11,15-16H,7-8,12-14H2,1-3H3,(H,26,28,30). The summed E-state index contributed by atoms with van der Waals surface area (Å²) in [6, 6.07) is 7.66. The predicted octanol–water partition coefficient (Wildman–Crippen LogP) is 4.47. The van der Waals surface area contributed by atoms with Crippen LogP contribution in [0.25, 0.3) is 5.65 Å². The highest BCUT2D eigenvalue weighted by molar-refractivity contribution is 6.05. The Morgan fingerprint density at radius 3 is 2.75 bits per heavy atom. The molecule has 7 nitrogen and oxygen atoms in total. The molecule has 2 bridgehead atoms. The number of ether oxygens (including phenoxy) is 2. The van der Waals surface area contributed by atoms with Crippen LogP contribution in [-0.2, 0) is 10.2 Å². The molecule has 1 N–H and O–H groups in total. The van der Waals surface area contributed by atoms with Crippen LogP contribution in [-0.4, -0.2) is 38.6 Å². The largest absolute Gasteiger partial charge is 0.490 e. The molecule has 166 valence electrons. The van der Waals surface area contributed by atoms with Crippen molar-refractivity contribution in [2.45, 2.75) is 69.5 Å². The van der Waals surface area contributed by atoms with Crippen LogP contribution in [0.2, 0.25) is 0 Å². The van der Waals surface area contributed by atoms with Crippen LogP contribution in [0.15, 0.2) is 36.7 Å². The molecule has 4 fully saturated rings. The van der Waals surface area contributed by atoms with E-state index in [1.807, 2.05) is 54.9 Å². The molecular weight excluding hydrogens is 404 g/mol. The van der Waals surface area contributed by atoms with Gasteiger partial charge in [-0.2, -0.15) is 0 Å². The number of anilines is 1. The van der Waals surface area contributed by atoms with E-state index in [1.54, 1.807) is 0 Å². The van der Waals surface area contributed by atoms with E-state index in [0.29, 0.717) is 29.7 Å². The molecule has 32 heavy (non-hydrogen) atoms. The van der Waals surface area contributed by atoms with Crippen molar-refractivity contribution in [2.75, 3.05) is 11.9 Å². The van der Waals surface area contributed by atoms with Gasteiger partial charge in [-0.05, 0) is 58.6 Å². The van der Waals surface area contributed by atoms with Crippen LogP contribution in [0, 0.1) is 0 Å². The fourth-order valence-electron chi connectivity index (χ4n) is 5.26. The smallest absolute Gasteiger partial charge is 0.262 e. The van der Waals surface area contributed by atoms with Crippen LogP contribution in [0.5, 0.6) is 5.75 Å². The molecule has 7 heteroatoms. The molecular formula is C25H28N4O3. The SMILES string of the molecule is CC(C)Oc1cc2nc(C34COC(C)(C3)C4)cn2cc1C(=O)Nc1cccc(C2CC2)n1. The molecule has 0 atom stereocenters. The average Bonchev–Trinajstić information content (AvgIpc) is 3.29. The average molecular weight is 433 g/mol. The third-order valence-electron chi connectivity index (χ3n) is 6.83. The number of aromatic nitrogens is 3. The number of nitrogens with one attached hydrogen (secondary N) is 1. The van der Waals surface area contributed by atoms with Gasteiger partial charge in [-0.15, -0.1) is 0 Å². The maximum atomic E-state index is 13.2. The van der Waals surface area contributed by atoms with Crippen molar-refractivity contribution < 1.29 is 14.3 Å². The molecule has 2 saturated heterocycles. The first-order chi connectivity index (χ1) is 15.3. The van der Waals surface area contributed by atoms with Gasteiger partial charge in [0.15, 0.2) is 0 Å². The van der Waals surface area contributed by atoms with Gasteiger partial charge in [-0.1, -0.05) is 6.07 Å². The van der Waals surface area contributed by atoms with Gasteiger partial charge in [0.05, 0.1) is 29.6 Å². The first-order valence-electron chi connectivity index (χ1n) is 11.4. The molecule has 0 aromatic carbocycles. The quantitative estimate of drug-likeness (QED) is 0.622. The summed E-state index contributed by atoms with van der Waals surface area (Å²) in [4.78, 5) is 22.8. The number of pyridine rings is 2. The maximum Gasteiger partial charge on any atom is 0.262 e. The summed E-state index contributed by atoms with van der Waals surface area (Å²) in [5, 5.41) is 2.96. The summed E-state index contributed by atoms with van der Waals surface area (Å²) in [6.07, 6.45) is 8.11. The van der Waals surface area contributed by atoms with Crippen molar-refractivity contribution in [3.63, 3.8) is 0 Å². The Morgan fingerprint density at radius 1 is 1.25 bits per heavy atom. The molecule has 4 aliphatic rings. The Hall–Kier alpha value is -2.93. The summed E-state index contributed by atoms with van der Waals surface area (Å²) >= 11 is 0. The number of amides is 1. The number of nitrogens with zero attached hydrogens (tertiary/aromatic N) is 3. The van der Waals surface area contributed by atoms with Gasteiger partial charge < -0.3 is 19.2 Å². The molecule has 2 aliphatic heterocycles. The van der Waals surface area contributed by atoms with Gasteiger partial charge in [0.2, 0.25) is 0 Å². The number of fused-ring (bicyclic) bond motifs is 2. The molecule has 2 saturated carbocycles. The second-order valence-corrected chi connectivity index (χ2v) is 10.2. The van der Waals surface area contributed by atoms with E-state index in [2.05, 4.69) is 17.2 Å². The minimum absolute atomic E-state index is 0.00453. The topological polar surface area (TPSA) is 77.8 Å². The molecule has 0 unspecified atom stereocenters. The lowest BCUT2D eigenvalue weighted by molar-refractivity contribution is 0.0154. The van der Waals surface area contributed by atoms with Gasteiger partial charge in [0.1, 0.15) is 17.2 Å². The van der Waals surface area contributed by atoms with Crippen LogP contribution < -0.4 is 10.1 Å². The molecule has 2 aliphatic carbocycles. The second kappa shape index (κ2) is 6.78. The molecule has 3 aromatic rings. The van der Waals surface area contributed by atoms with Gasteiger partial charge >= 0.3 is 0 Å². The Bertz CT molecular complexity index is 1220. The van der Waals surface area contributed by atoms with E-state index < -0.39 is 0 Å². The van der Waals surface area contributed by atoms with Crippen molar-refractivity contribution in [1.82, 2.24) is 14.4 Å². The molecule has 5 heterocycles. The van der Waals surface area contributed by atoms with E-state index >= 15 is 0 Å². The van der Waals surface area contributed by atoms with Gasteiger partial charge in [-0.25, -0.2) is 9.97 Å². The van der Waals surface area contributed by atoms with Gasteiger partial charge in [0, 0.05) is 35.5 Å². The number of hydrogen-bond donors (Lipinski definition) is 1. The second-order valence-electron chi connectivity index (χ2n) is 10.2. The third kappa shape index (κ3) is 3.26. The Balaban J connectivity index is 1.34. The lowest BCUT2D eigenvalue weighted by Gasteiger charge is -2.41. The van der Waals surface area contributed by atoms with Crippen molar-refractivity contribution in [2.24, 2.45) is 0 Å². The third-order valence-corrected chi connectivity index (χ3v) is 6.83. The highest BCUT2D eigenvalue weighted by Gasteiger charge is 2.61. The summed E-state index contributed by atoms with van der Waals surface area (Å²) in [6.45, 7) is 6.78. The van der Waals surface area contributed by atoms with Crippen molar-refractivity contribution in [3.8, 4) is 5.75 Å². The summed E-state index contributed by atoms with van der Waals surface area (Å²) in [5.41, 5.74) is 3.30. The first kappa shape index (κ1) is 19.7. The lowest BCUT2D eigenvalue weighted by Crippen LogP contribution is -2.45. The predicted molar refractivity (Wildman–Crippen MR) is 120 cm³/mol. The Morgan fingerprint density at radius 2 is 2.06 bits per heavy atom. The summed E-state index contributed by atoms with van der Waals surface area (Å²) in [5.74, 6) is 1.38. The molecule has 3 aromatic heterocycles. The van der Waals surface area contributed by atoms with Crippen LogP contribution in [0.1, 0.15) is 74.1 Å². The molecule has 0 spiro atoms. The number of carbonyl (C=O) groups excluding carboxylic acids is 1. The molecule has 1 amide bonds. The zero-order valence-corrected chi connectivity index (χ0v) is 18.7. The number of rotatable bonds is 6. The lowest BCUT2D eigenvalue weighted by atomic mass is 9.62. The van der Waals surface area contributed by atoms with E-state index in [-0.39, 0.29) is 23.0 Å². The Kier molecular flexibility index (Phi) is 4.18. The van der Waals surface area contributed by atoms with Crippen molar-refractivity contribution in [1.29, 1.82) is 0 Å². The number of carbonyl (C=O) groups is 1. The highest BCUT2D eigenvalue weighted by Crippen LogP contribution is 2.58. The number of hydrogen-bond acceptors (Lipinski definition) is 5. The minimum atomic E-state index is -0.239. The van der Waals surface area contributed by atoms with Gasteiger partial charge in [-0.3, -0.25) is 4.79 Å². The zero-order chi connectivity index (χ0) is 22.1. The molecule has 0 radical (unpaired) electrons. The normalized spacial score (nSPS) is 26.4. The number of imidazole rings is 1.